The maximum atomic E-state index is 5.96. The lowest BCUT2D eigenvalue weighted by molar-refractivity contribution is -0.0523. The Morgan fingerprint density at radius 1 is 1.14 bits per heavy atom. The highest BCUT2D eigenvalue weighted by molar-refractivity contribution is 4.96. The number of hydrogen-bond donors (Lipinski definition) is 2. The molecule has 0 amide bonds. The maximum absolute atomic E-state index is 5.96. The van der Waals surface area contributed by atoms with Gasteiger partial charge in [0.05, 0.1) is 6.61 Å². The van der Waals surface area contributed by atoms with Crippen molar-refractivity contribution >= 4 is 0 Å². The van der Waals surface area contributed by atoms with Crippen LogP contribution in [0.1, 0.15) is 33.6 Å². The molecule has 0 aromatic carbocycles. The smallest absolute Gasteiger partial charge is 0.119 e. The van der Waals surface area contributed by atoms with E-state index in [-0.39, 0.29) is 11.3 Å². The molecule has 2 heterocycles. The molecule has 2 fully saturated rings. The molecule has 2 aliphatic rings. The Bertz CT molecular complexity index is 211. The van der Waals surface area contributed by atoms with E-state index in [2.05, 4.69) is 31.4 Å². The lowest BCUT2D eigenvalue weighted by Gasteiger charge is -2.37. The van der Waals surface area contributed by atoms with Gasteiger partial charge in [-0.2, -0.15) is 0 Å². The highest BCUT2D eigenvalue weighted by atomic mass is 16.5. The van der Waals surface area contributed by atoms with Gasteiger partial charge >= 0.3 is 0 Å². The fraction of sp³-hybridized carbons (Fsp3) is 1.00. The lowest BCUT2D eigenvalue weighted by atomic mass is 9.87. The molecule has 14 heavy (non-hydrogen) atoms. The summed E-state index contributed by atoms with van der Waals surface area (Å²) in [7, 11) is 0. The third-order valence-electron chi connectivity index (χ3n) is 3.44. The minimum absolute atomic E-state index is 0.0917. The number of ether oxygens (including phenoxy) is 1. The van der Waals surface area contributed by atoms with Gasteiger partial charge in [0.2, 0.25) is 0 Å². The van der Waals surface area contributed by atoms with Gasteiger partial charge in [0, 0.05) is 11.5 Å². The molecule has 3 nitrogen and oxygen atoms in total. The summed E-state index contributed by atoms with van der Waals surface area (Å²) < 4.78 is 5.96. The van der Waals surface area contributed by atoms with Crippen molar-refractivity contribution in [2.75, 3.05) is 19.7 Å². The molecule has 1 atom stereocenters. The third-order valence-corrected chi connectivity index (χ3v) is 3.44. The van der Waals surface area contributed by atoms with E-state index in [4.69, 9.17) is 4.74 Å². The van der Waals surface area contributed by atoms with Gasteiger partial charge in [-0.25, -0.2) is 0 Å². The maximum Gasteiger partial charge on any atom is 0.119 e. The van der Waals surface area contributed by atoms with Gasteiger partial charge in [-0.3, -0.25) is 5.32 Å². The van der Waals surface area contributed by atoms with E-state index in [1.165, 1.54) is 12.8 Å². The first-order chi connectivity index (χ1) is 6.52. The van der Waals surface area contributed by atoms with E-state index >= 15 is 0 Å². The second-order valence-electron chi connectivity index (χ2n) is 5.43. The van der Waals surface area contributed by atoms with Crippen molar-refractivity contribution in [3.8, 4) is 0 Å². The molecule has 0 aliphatic carbocycles. The van der Waals surface area contributed by atoms with E-state index in [0.29, 0.717) is 5.92 Å². The average Bonchev–Trinajstić information content (AvgIpc) is 2.44. The molecule has 82 valence electrons. The van der Waals surface area contributed by atoms with Crippen molar-refractivity contribution in [1.82, 2.24) is 10.6 Å². The van der Waals surface area contributed by atoms with Crippen molar-refractivity contribution in [2.24, 2.45) is 5.92 Å². The zero-order valence-corrected chi connectivity index (χ0v) is 9.52. The molecule has 2 rings (SSSR count). The van der Waals surface area contributed by atoms with Crippen LogP contribution in [-0.4, -0.2) is 31.0 Å². The zero-order valence-electron chi connectivity index (χ0n) is 9.52. The van der Waals surface area contributed by atoms with Gasteiger partial charge in [0.15, 0.2) is 0 Å². The van der Waals surface area contributed by atoms with E-state index in [9.17, 15) is 0 Å². The van der Waals surface area contributed by atoms with E-state index in [1.54, 1.807) is 0 Å². The van der Waals surface area contributed by atoms with Crippen LogP contribution < -0.4 is 10.6 Å². The highest BCUT2D eigenvalue weighted by Crippen LogP contribution is 2.33. The molecule has 0 spiro atoms. The summed E-state index contributed by atoms with van der Waals surface area (Å²) >= 11 is 0. The summed E-state index contributed by atoms with van der Waals surface area (Å²) in [5, 5.41) is 7.02. The highest BCUT2D eigenvalue weighted by Gasteiger charge is 2.45. The lowest BCUT2D eigenvalue weighted by Crippen LogP contribution is -2.53. The van der Waals surface area contributed by atoms with Crippen LogP contribution in [0, 0.1) is 5.92 Å². The minimum Gasteiger partial charge on any atom is -0.359 e. The first-order valence-corrected chi connectivity index (χ1v) is 5.66. The fourth-order valence-corrected chi connectivity index (χ4v) is 2.67. The van der Waals surface area contributed by atoms with Crippen molar-refractivity contribution in [3.05, 3.63) is 0 Å². The van der Waals surface area contributed by atoms with Crippen LogP contribution >= 0.6 is 0 Å². The topological polar surface area (TPSA) is 33.3 Å². The Balaban J connectivity index is 2.01. The molecule has 2 saturated heterocycles. The number of hydrogen-bond acceptors (Lipinski definition) is 3. The second-order valence-corrected chi connectivity index (χ2v) is 5.43. The van der Waals surface area contributed by atoms with Gasteiger partial charge < -0.3 is 10.1 Å². The molecule has 0 aromatic rings. The van der Waals surface area contributed by atoms with Crippen LogP contribution in [0.5, 0.6) is 0 Å². The Kier molecular flexibility index (Phi) is 2.58. The zero-order chi connectivity index (χ0) is 10.2. The van der Waals surface area contributed by atoms with Crippen LogP contribution in [0.2, 0.25) is 0 Å². The van der Waals surface area contributed by atoms with Crippen LogP contribution in [0.4, 0.5) is 0 Å². The van der Waals surface area contributed by atoms with Gasteiger partial charge in [-0.1, -0.05) is 0 Å². The molecular weight excluding hydrogens is 176 g/mol. The molecule has 0 saturated carbocycles. The predicted molar refractivity (Wildman–Crippen MR) is 57.2 cm³/mol. The molecule has 3 heteroatoms. The quantitative estimate of drug-likeness (QED) is 0.662. The summed E-state index contributed by atoms with van der Waals surface area (Å²) in [5.74, 6) is 0.658. The van der Waals surface area contributed by atoms with Crippen molar-refractivity contribution in [3.63, 3.8) is 0 Å². The van der Waals surface area contributed by atoms with Gasteiger partial charge in [-0.05, 0) is 46.7 Å². The Hall–Kier alpha value is -0.120. The summed E-state index contributed by atoms with van der Waals surface area (Å²) in [6.07, 6.45) is 2.44. The summed E-state index contributed by atoms with van der Waals surface area (Å²) in [6, 6.07) is 0. The number of nitrogens with one attached hydrogen (secondary N) is 2. The first-order valence-electron chi connectivity index (χ1n) is 5.66. The molecule has 1 unspecified atom stereocenters. The molecular formula is C11H22N2O. The molecule has 0 aromatic heterocycles. The van der Waals surface area contributed by atoms with Crippen LogP contribution in [-0.2, 0) is 4.74 Å². The number of rotatable bonds is 1. The Morgan fingerprint density at radius 2 is 1.79 bits per heavy atom. The third kappa shape index (κ3) is 1.95. The van der Waals surface area contributed by atoms with Crippen molar-refractivity contribution in [2.45, 2.75) is 44.9 Å². The van der Waals surface area contributed by atoms with E-state index in [1.807, 2.05) is 0 Å². The Labute approximate surface area is 86.6 Å². The molecule has 2 N–H and O–H groups in total. The summed E-state index contributed by atoms with van der Waals surface area (Å²) in [6.45, 7) is 9.71. The second kappa shape index (κ2) is 3.47. The SMILES string of the molecule is CC1(C)COC(C)(C2CCNCC2)N1. The fourth-order valence-electron chi connectivity index (χ4n) is 2.67. The van der Waals surface area contributed by atoms with Crippen LogP contribution in [0.3, 0.4) is 0 Å². The standard InChI is InChI=1S/C11H22N2O/c1-10(2)8-14-11(3,13-10)9-4-6-12-7-5-9/h9,12-13H,4-8H2,1-3H3. The number of piperidine rings is 1. The Morgan fingerprint density at radius 3 is 2.29 bits per heavy atom. The molecule has 0 bridgehead atoms. The van der Waals surface area contributed by atoms with Crippen molar-refractivity contribution in [1.29, 1.82) is 0 Å². The first kappa shape index (κ1) is 10.4. The normalized spacial score (nSPS) is 38.8. The molecule has 2 aliphatic heterocycles. The van der Waals surface area contributed by atoms with Gasteiger partial charge in [0.25, 0.3) is 0 Å². The monoisotopic (exact) mass is 198 g/mol. The predicted octanol–water partition coefficient (Wildman–Crippen LogP) is 1.10. The van der Waals surface area contributed by atoms with E-state index in [0.717, 1.165) is 19.7 Å². The van der Waals surface area contributed by atoms with E-state index < -0.39 is 0 Å². The average molecular weight is 198 g/mol. The largest absolute Gasteiger partial charge is 0.359 e. The van der Waals surface area contributed by atoms with Crippen molar-refractivity contribution < 1.29 is 4.74 Å². The minimum atomic E-state index is -0.0917. The molecule has 0 radical (unpaired) electrons. The van der Waals surface area contributed by atoms with Gasteiger partial charge in [0.1, 0.15) is 5.72 Å². The van der Waals surface area contributed by atoms with Crippen LogP contribution in [0.15, 0.2) is 0 Å². The summed E-state index contributed by atoms with van der Waals surface area (Å²) in [4.78, 5) is 0. The summed E-state index contributed by atoms with van der Waals surface area (Å²) in [5.41, 5.74) is 0.0469. The van der Waals surface area contributed by atoms with Gasteiger partial charge in [-0.15, -0.1) is 0 Å². The van der Waals surface area contributed by atoms with Crippen LogP contribution in [0.25, 0.3) is 0 Å².